The lowest BCUT2D eigenvalue weighted by atomic mass is 10.1. The molecule has 1 heterocycles. The van der Waals surface area contributed by atoms with Crippen molar-refractivity contribution < 1.29 is 14.4 Å². The fourth-order valence-electron chi connectivity index (χ4n) is 2.29. The Labute approximate surface area is 161 Å². The Kier molecular flexibility index (Phi) is 7.27. The van der Waals surface area contributed by atoms with E-state index in [1.807, 2.05) is 13.8 Å². The Morgan fingerprint density at radius 1 is 1.31 bits per heavy atom. The van der Waals surface area contributed by atoms with Gasteiger partial charge in [0.25, 0.3) is 5.91 Å². The van der Waals surface area contributed by atoms with E-state index in [4.69, 9.17) is 17.3 Å². The Bertz CT molecular complexity index is 670. The average molecular weight is 400 g/mol. The smallest absolute Gasteiger partial charge is 0.252 e. The lowest BCUT2D eigenvalue weighted by molar-refractivity contribution is -0.126. The summed E-state index contributed by atoms with van der Waals surface area (Å²) in [5, 5.41) is 11.5. The van der Waals surface area contributed by atoms with Crippen LogP contribution in [0.5, 0.6) is 0 Å². The highest BCUT2D eigenvalue weighted by atomic mass is 35.5. The predicted octanol–water partition coefficient (Wildman–Crippen LogP) is -0.0160. The fraction of sp³-hybridized carbons (Fsp3) is 0.438. The zero-order valence-electron chi connectivity index (χ0n) is 14.4. The molecule has 0 aliphatic carbocycles. The largest absolute Gasteiger partial charge is 0.353 e. The van der Waals surface area contributed by atoms with Crippen molar-refractivity contribution in [1.29, 1.82) is 0 Å². The number of hydrogen-bond donors (Lipinski definition) is 5. The van der Waals surface area contributed by atoms with Gasteiger partial charge < -0.3 is 21.7 Å². The van der Waals surface area contributed by atoms with Crippen molar-refractivity contribution in [3.05, 3.63) is 34.9 Å². The summed E-state index contributed by atoms with van der Waals surface area (Å²) in [6, 6.07) is 5.41. The first-order chi connectivity index (χ1) is 12.3. The molecule has 1 aliphatic heterocycles. The zero-order valence-corrected chi connectivity index (χ0v) is 16.0. The van der Waals surface area contributed by atoms with Crippen LogP contribution in [0.15, 0.2) is 24.3 Å². The van der Waals surface area contributed by atoms with E-state index < -0.39 is 29.5 Å². The maximum atomic E-state index is 12.3. The van der Waals surface area contributed by atoms with Crippen LogP contribution in [0.2, 0.25) is 5.02 Å². The van der Waals surface area contributed by atoms with Gasteiger partial charge in [0.05, 0.1) is 11.9 Å². The van der Waals surface area contributed by atoms with Crippen LogP contribution in [-0.2, 0) is 9.59 Å². The molecule has 0 spiro atoms. The van der Waals surface area contributed by atoms with E-state index in [-0.39, 0.29) is 17.7 Å². The second kappa shape index (κ2) is 9.22. The average Bonchev–Trinajstić information content (AvgIpc) is 2.56. The lowest BCUT2D eigenvalue weighted by Gasteiger charge is -2.35. The van der Waals surface area contributed by atoms with Gasteiger partial charge >= 0.3 is 0 Å². The first-order valence-electron chi connectivity index (χ1n) is 8.05. The number of halogens is 1. The maximum Gasteiger partial charge on any atom is 0.252 e. The normalized spacial score (nSPS) is 22.7. The van der Waals surface area contributed by atoms with E-state index in [0.29, 0.717) is 10.6 Å². The second-order valence-electron chi connectivity index (χ2n) is 6.07. The van der Waals surface area contributed by atoms with Gasteiger partial charge in [-0.05, 0) is 38.1 Å². The van der Waals surface area contributed by atoms with Crippen LogP contribution >= 0.6 is 23.4 Å². The first-order valence-corrected chi connectivity index (χ1v) is 9.48. The van der Waals surface area contributed by atoms with Crippen molar-refractivity contribution in [2.24, 2.45) is 5.73 Å². The van der Waals surface area contributed by atoms with Crippen LogP contribution in [0, 0.1) is 0 Å². The molecular formula is C16H22ClN5O3S. The highest BCUT2D eigenvalue weighted by molar-refractivity contribution is 8.00. The van der Waals surface area contributed by atoms with Crippen molar-refractivity contribution in [2.45, 2.75) is 37.6 Å². The van der Waals surface area contributed by atoms with Gasteiger partial charge in [0.1, 0.15) is 11.5 Å². The molecular weight excluding hydrogens is 378 g/mol. The number of benzene rings is 1. The van der Waals surface area contributed by atoms with E-state index >= 15 is 0 Å². The van der Waals surface area contributed by atoms with Crippen LogP contribution in [0.1, 0.15) is 24.2 Å². The third kappa shape index (κ3) is 5.87. The summed E-state index contributed by atoms with van der Waals surface area (Å²) in [4.78, 5) is 36.2. The van der Waals surface area contributed by atoms with Crippen molar-refractivity contribution in [1.82, 2.24) is 21.3 Å². The molecule has 1 aromatic carbocycles. The molecule has 2 rings (SSSR count). The van der Waals surface area contributed by atoms with Crippen molar-refractivity contribution in [3.8, 4) is 0 Å². The van der Waals surface area contributed by atoms with Crippen LogP contribution in [-0.4, -0.2) is 47.2 Å². The van der Waals surface area contributed by atoms with Gasteiger partial charge in [-0.3, -0.25) is 19.7 Å². The monoisotopic (exact) mass is 399 g/mol. The number of amides is 3. The lowest BCUT2D eigenvalue weighted by Crippen LogP contribution is -2.70. The number of hydrogen-bond acceptors (Lipinski definition) is 6. The fourth-order valence-corrected chi connectivity index (χ4v) is 3.27. The first kappa shape index (κ1) is 20.5. The molecule has 1 aliphatic rings. The van der Waals surface area contributed by atoms with Gasteiger partial charge in [0.15, 0.2) is 0 Å². The van der Waals surface area contributed by atoms with Crippen LogP contribution in [0.3, 0.4) is 0 Å². The molecule has 6 N–H and O–H groups in total. The van der Waals surface area contributed by atoms with E-state index in [1.54, 1.807) is 24.3 Å². The van der Waals surface area contributed by atoms with Crippen molar-refractivity contribution in [3.63, 3.8) is 0 Å². The quantitative estimate of drug-likeness (QED) is 0.458. The van der Waals surface area contributed by atoms with Crippen LogP contribution < -0.4 is 27.0 Å². The molecule has 26 heavy (non-hydrogen) atoms. The topological polar surface area (TPSA) is 125 Å². The number of thioether (sulfide) groups is 1. The minimum Gasteiger partial charge on any atom is -0.353 e. The van der Waals surface area contributed by atoms with Gasteiger partial charge in [0, 0.05) is 16.6 Å². The summed E-state index contributed by atoms with van der Waals surface area (Å²) in [5.74, 6) is -0.806. The van der Waals surface area contributed by atoms with E-state index in [9.17, 15) is 14.4 Å². The maximum absolute atomic E-state index is 12.3. The standard InChI is InChI=1S/C16H22ClN5O3S/c1-8(2)19-11(23)7-26-16-21-13(18)12(15(25)22-16)20-14(24)9-3-5-10(17)6-4-9/h3-6,8,12-13,16,21H,7,18H2,1-2H3,(H,19,23)(H,20,24)(H,22,25). The third-order valence-electron chi connectivity index (χ3n) is 3.48. The molecule has 0 bridgehead atoms. The van der Waals surface area contributed by atoms with Crippen LogP contribution in [0.25, 0.3) is 0 Å². The molecule has 1 saturated heterocycles. The van der Waals surface area contributed by atoms with Crippen molar-refractivity contribution in [2.75, 3.05) is 5.75 Å². The minimum absolute atomic E-state index is 0.0479. The molecule has 0 saturated carbocycles. The molecule has 0 radical (unpaired) electrons. The van der Waals surface area contributed by atoms with E-state index in [2.05, 4.69) is 21.3 Å². The Morgan fingerprint density at radius 2 is 1.96 bits per heavy atom. The molecule has 10 heteroatoms. The predicted molar refractivity (Wildman–Crippen MR) is 101 cm³/mol. The molecule has 3 unspecified atom stereocenters. The molecule has 1 fully saturated rings. The second-order valence-corrected chi connectivity index (χ2v) is 7.60. The number of carbonyl (C=O) groups is 3. The number of nitrogens with two attached hydrogens (primary N) is 1. The SMILES string of the molecule is CC(C)NC(=O)CSC1NC(=O)C(NC(=O)c2ccc(Cl)cc2)C(N)N1. The van der Waals surface area contributed by atoms with Crippen LogP contribution in [0.4, 0.5) is 0 Å². The molecule has 0 aromatic heterocycles. The van der Waals surface area contributed by atoms with E-state index in [1.165, 1.54) is 11.8 Å². The summed E-state index contributed by atoms with van der Waals surface area (Å²) in [6.07, 6.45) is -0.786. The molecule has 1 aromatic rings. The summed E-state index contributed by atoms with van der Waals surface area (Å²) in [7, 11) is 0. The zero-order chi connectivity index (χ0) is 19.3. The summed E-state index contributed by atoms with van der Waals surface area (Å²) >= 11 is 7.01. The molecule has 142 valence electrons. The van der Waals surface area contributed by atoms with Gasteiger partial charge in [-0.25, -0.2) is 0 Å². The summed E-state index contributed by atoms with van der Waals surface area (Å²) < 4.78 is 0. The summed E-state index contributed by atoms with van der Waals surface area (Å²) in [5.41, 5.74) is 5.83. The van der Waals surface area contributed by atoms with E-state index in [0.717, 1.165) is 0 Å². The minimum atomic E-state index is -0.931. The number of rotatable bonds is 6. The molecule has 3 atom stereocenters. The van der Waals surface area contributed by atoms with Crippen molar-refractivity contribution >= 4 is 41.1 Å². The third-order valence-corrected chi connectivity index (χ3v) is 4.75. The Balaban J connectivity index is 1.88. The van der Waals surface area contributed by atoms with Gasteiger partial charge in [-0.1, -0.05) is 11.6 Å². The highest BCUT2D eigenvalue weighted by Crippen LogP contribution is 2.12. The Morgan fingerprint density at radius 3 is 2.54 bits per heavy atom. The molecule has 8 nitrogen and oxygen atoms in total. The Hall–Kier alpha value is -1.81. The van der Waals surface area contributed by atoms with Gasteiger partial charge in [0.2, 0.25) is 11.8 Å². The van der Waals surface area contributed by atoms with Gasteiger partial charge in [-0.15, -0.1) is 11.8 Å². The number of nitrogens with one attached hydrogen (secondary N) is 4. The number of carbonyl (C=O) groups excluding carboxylic acids is 3. The van der Waals surface area contributed by atoms with Gasteiger partial charge in [-0.2, -0.15) is 0 Å². The molecule has 3 amide bonds. The highest BCUT2D eigenvalue weighted by Gasteiger charge is 2.35. The summed E-state index contributed by atoms with van der Waals surface area (Å²) in [6.45, 7) is 3.74.